The molecule has 2 aromatic carbocycles. The van der Waals surface area contributed by atoms with E-state index in [1.54, 1.807) is 41.8 Å². The predicted molar refractivity (Wildman–Crippen MR) is 115 cm³/mol. The quantitative estimate of drug-likeness (QED) is 0.477. The van der Waals surface area contributed by atoms with Crippen molar-refractivity contribution in [1.29, 1.82) is 0 Å². The van der Waals surface area contributed by atoms with Crippen molar-refractivity contribution >= 4 is 17.1 Å². The van der Waals surface area contributed by atoms with Crippen LogP contribution in [-0.2, 0) is 0 Å². The number of aromatic nitrogens is 2. The molecule has 0 radical (unpaired) electrons. The summed E-state index contributed by atoms with van der Waals surface area (Å²) in [6.07, 6.45) is 0. The smallest absolute Gasteiger partial charge is 0.253 e. The van der Waals surface area contributed by atoms with Gasteiger partial charge in [-0.05, 0) is 56.2 Å². The fourth-order valence-corrected chi connectivity index (χ4v) is 3.90. The minimum Gasteiger partial charge on any atom is -0.508 e. The second-order valence-electron chi connectivity index (χ2n) is 7.35. The van der Waals surface area contributed by atoms with E-state index in [4.69, 9.17) is 11.5 Å². The van der Waals surface area contributed by atoms with Gasteiger partial charge in [-0.1, -0.05) is 18.2 Å². The first-order chi connectivity index (χ1) is 14.2. The Balaban J connectivity index is 2.11. The highest BCUT2D eigenvalue weighted by Gasteiger charge is 2.25. The van der Waals surface area contributed by atoms with E-state index in [-0.39, 0.29) is 22.8 Å². The number of nitrogen functional groups attached to an aromatic ring is 1. The summed E-state index contributed by atoms with van der Waals surface area (Å²) in [5.74, 6) is -0.903. The number of nitrogens with two attached hydrogens (primary N) is 2. The number of anilines is 1. The highest BCUT2D eigenvalue weighted by molar-refractivity contribution is 6.09. The number of carbonyl (C=O) groups is 1. The van der Waals surface area contributed by atoms with Crippen LogP contribution in [0.15, 0.2) is 42.5 Å². The molecular formula is C23H21FN4O2. The van der Waals surface area contributed by atoms with E-state index in [0.717, 1.165) is 16.7 Å². The molecule has 0 aliphatic rings. The number of benzene rings is 2. The molecular weight excluding hydrogens is 383 g/mol. The van der Waals surface area contributed by atoms with Crippen LogP contribution in [0.5, 0.6) is 5.75 Å². The van der Waals surface area contributed by atoms with Crippen LogP contribution in [0.4, 0.5) is 10.1 Å². The molecule has 0 bridgehead atoms. The lowest BCUT2D eigenvalue weighted by Crippen LogP contribution is -2.12. The Morgan fingerprint density at radius 2 is 1.77 bits per heavy atom. The molecule has 7 heteroatoms. The third-order valence-corrected chi connectivity index (χ3v) is 5.42. The standard InChI is InChI=1S/C23H21FN4O2/c1-11-4-9-18(29)12(2)19(11)22-21(25)20(23(26)30)17-10-16(13(3)27-28(17)22)14-5-7-15(24)8-6-14/h4-10,29H,25H2,1-3H3,(H2,26,30). The maximum Gasteiger partial charge on any atom is 0.253 e. The Morgan fingerprint density at radius 1 is 1.10 bits per heavy atom. The van der Waals surface area contributed by atoms with E-state index in [2.05, 4.69) is 5.10 Å². The number of primary amides is 1. The number of halogens is 1. The summed E-state index contributed by atoms with van der Waals surface area (Å²) >= 11 is 0. The first-order valence-corrected chi connectivity index (χ1v) is 9.37. The normalized spacial score (nSPS) is 11.2. The molecule has 30 heavy (non-hydrogen) atoms. The van der Waals surface area contributed by atoms with Crippen molar-refractivity contribution in [3.8, 4) is 28.1 Å². The topological polar surface area (TPSA) is 107 Å². The number of amides is 1. The zero-order valence-electron chi connectivity index (χ0n) is 16.8. The lowest BCUT2D eigenvalue weighted by Gasteiger charge is -2.13. The summed E-state index contributed by atoms with van der Waals surface area (Å²) in [7, 11) is 0. The first kappa shape index (κ1) is 19.4. The summed E-state index contributed by atoms with van der Waals surface area (Å²) in [6, 6.07) is 11.2. The van der Waals surface area contributed by atoms with E-state index in [1.807, 2.05) is 13.8 Å². The lowest BCUT2D eigenvalue weighted by atomic mass is 9.98. The van der Waals surface area contributed by atoms with Gasteiger partial charge in [0.1, 0.15) is 11.6 Å². The number of aryl methyl sites for hydroxylation is 2. The van der Waals surface area contributed by atoms with Gasteiger partial charge in [-0.2, -0.15) is 5.10 Å². The second-order valence-corrected chi connectivity index (χ2v) is 7.35. The molecule has 0 saturated carbocycles. The Morgan fingerprint density at radius 3 is 2.40 bits per heavy atom. The van der Waals surface area contributed by atoms with Gasteiger partial charge in [-0.25, -0.2) is 8.91 Å². The van der Waals surface area contributed by atoms with Crippen molar-refractivity contribution in [3.05, 3.63) is 70.7 Å². The van der Waals surface area contributed by atoms with Crippen LogP contribution in [0.25, 0.3) is 27.9 Å². The highest BCUT2D eigenvalue weighted by atomic mass is 19.1. The van der Waals surface area contributed by atoms with E-state index in [1.165, 1.54) is 12.1 Å². The fourth-order valence-electron chi connectivity index (χ4n) is 3.90. The number of aromatic hydroxyl groups is 1. The molecule has 0 fully saturated rings. The van der Waals surface area contributed by atoms with Gasteiger partial charge in [0.15, 0.2) is 0 Å². The van der Waals surface area contributed by atoms with Crippen LogP contribution >= 0.6 is 0 Å². The Kier molecular flexibility index (Phi) is 4.46. The minimum atomic E-state index is -0.678. The van der Waals surface area contributed by atoms with Gasteiger partial charge in [0.05, 0.1) is 28.2 Å². The highest BCUT2D eigenvalue weighted by Crippen LogP contribution is 2.40. The monoisotopic (exact) mass is 404 g/mol. The maximum absolute atomic E-state index is 13.4. The van der Waals surface area contributed by atoms with Crippen LogP contribution in [-0.4, -0.2) is 20.6 Å². The summed E-state index contributed by atoms with van der Waals surface area (Å²) in [4.78, 5) is 12.3. The van der Waals surface area contributed by atoms with Gasteiger partial charge in [0, 0.05) is 16.7 Å². The second kappa shape index (κ2) is 6.88. The molecule has 4 rings (SSSR count). The van der Waals surface area contributed by atoms with Crippen LogP contribution < -0.4 is 11.5 Å². The summed E-state index contributed by atoms with van der Waals surface area (Å²) in [5.41, 5.74) is 17.7. The van der Waals surface area contributed by atoms with Crippen molar-refractivity contribution < 1.29 is 14.3 Å². The van der Waals surface area contributed by atoms with Gasteiger partial charge >= 0.3 is 0 Å². The molecule has 0 unspecified atom stereocenters. The molecule has 1 amide bonds. The Bertz CT molecular complexity index is 1320. The SMILES string of the molecule is Cc1ccc(O)c(C)c1-c1c(N)c(C(N)=O)c2cc(-c3ccc(F)cc3)c(C)nn12. The number of carbonyl (C=O) groups excluding carboxylic acids is 1. The Hall–Kier alpha value is -3.87. The molecule has 0 aliphatic carbocycles. The van der Waals surface area contributed by atoms with Gasteiger partial charge in [0.25, 0.3) is 5.91 Å². The third kappa shape index (κ3) is 2.86. The largest absolute Gasteiger partial charge is 0.508 e. The number of nitrogens with zero attached hydrogens (tertiary/aromatic N) is 2. The summed E-state index contributed by atoms with van der Waals surface area (Å²) in [6.45, 7) is 5.49. The molecule has 0 spiro atoms. The van der Waals surface area contributed by atoms with Crippen molar-refractivity contribution in [3.63, 3.8) is 0 Å². The fraction of sp³-hybridized carbons (Fsp3) is 0.130. The van der Waals surface area contributed by atoms with Gasteiger partial charge < -0.3 is 16.6 Å². The average molecular weight is 404 g/mol. The molecule has 6 nitrogen and oxygen atoms in total. The van der Waals surface area contributed by atoms with E-state index in [0.29, 0.717) is 28.0 Å². The minimum absolute atomic E-state index is 0.116. The zero-order chi connectivity index (χ0) is 21.7. The number of rotatable bonds is 3. The van der Waals surface area contributed by atoms with Crippen LogP contribution in [0.1, 0.15) is 27.2 Å². The molecule has 4 aromatic rings. The van der Waals surface area contributed by atoms with Crippen LogP contribution in [0.3, 0.4) is 0 Å². The molecule has 5 N–H and O–H groups in total. The molecule has 0 atom stereocenters. The molecule has 0 saturated heterocycles. The number of hydrogen-bond donors (Lipinski definition) is 3. The maximum atomic E-state index is 13.4. The molecule has 0 aliphatic heterocycles. The van der Waals surface area contributed by atoms with Crippen molar-refractivity contribution in [2.75, 3.05) is 5.73 Å². The average Bonchev–Trinajstić information content (AvgIpc) is 2.97. The van der Waals surface area contributed by atoms with Gasteiger partial charge in [-0.15, -0.1) is 0 Å². The molecule has 2 aromatic heterocycles. The van der Waals surface area contributed by atoms with E-state index >= 15 is 0 Å². The third-order valence-electron chi connectivity index (χ3n) is 5.42. The van der Waals surface area contributed by atoms with Crippen molar-refractivity contribution in [2.24, 2.45) is 5.73 Å². The van der Waals surface area contributed by atoms with Crippen molar-refractivity contribution in [2.45, 2.75) is 20.8 Å². The van der Waals surface area contributed by atoms with Crippen LogP contribution in [0.2, 0.25) is 0 Å². The van der Waals surface area contributed by atoms with Crippen LogP contribution in [0, 0.1) is 26.6 Å². The lowest BCUT2D eigenvalue weighted by molar-refractivity contribution is 0.100. The van der Waals surface area contributed by atoms with E-state index in [9.17, 15) is 14.3 Å². The number of hydrogen-bond acceptors (Lipinski definition) is 4. The number of phenolic OH excluding ortho intramolecular Hbond substituents is 1. The molecule has 152 valence electrons. The molecule has 2 heterocycles. The summed E-state index contributed by atoms with van der Waals surface area (Å²) in [5, 5.41) is 14.9. The number of fused-ring (bicyclic) bond motifs is 1. The van der Waals surface area contributed by atoms with E-state index < -0.39 is 5.91 Å². The first-order valence-electron chi connectivity index (χ1n) is 9.37. The van der Waals surface area contributed by atoms with Gasteiger partial charge in [-0.3, -0.25) is 4.79 Å². The Labute approximate surface area is 172 Å². The van der Waals surface area contributed by atoms with Gasteiger partial charge in [0.2, 0.25) is 0 Å². The summed E-state index contributed by atoms with van der Waals surface area (Å²) < 4.78 is 15.0. The zero-order valence-corrected chi connectivity index (χ0v) is 16.8. The number of phenols is 1. The van der Waals surface area contributed by atoms with Crippen molar-refractivity contribution in [1.82, 2.24) is 9.61 Å². The predicted octanol–water partition coefficient (Wildman–Crippen LogP) is 4.12.